The molecule has 1 fully saturated rings. The van der Waals surface area contributed by atoms with Gasteiger partial charge in [-0.05, 0) is 25.5 Å². The number of aryl methyl sites for hydroxylation is 1. The monoisotopic (exact) mass is 284 g/mol. The summed E-state index contributed by atoms with van der Waals surface area (Å²) >= 11 is 0. The van der Waals surface area contributed by atoms with Crippen LogP contribution in [-0.4, -0.2) is 32.9 Å². The van der Waals surface area contributed by atoms with E-state index in [4.69, 9.17) is 9.26 Å². The van der Waals surface area contributed by atoms with Gasteiger partial charge < -0.3 is 13.8 Å². The highest BCUT2D eigenvalue weighted by Gasteiger charge is 2.23. The highest BCUT2D eigenvalue weighted by molar-refractivity contribution is 5.75. The normalized spacial score (nSPS) is 18.6. The lowest BCUT2D eigenvalue weighted by Crippen LogP contribution is -2.04. The predicted octanol–water partition coefficient (Wildman–Crippen LogP) is 2.28. The van der Waals surface area contributed by atoms with E-state index in [1.54, 1.807) is 0 Å². The molecule has 0 spiro atoms. The molecule has 0 amide bonds. The van der Waals surface area contributed by atoms with E-state index in [0.29, 0.717) is 19.0 Å². The van der Waals surface area contributed by atoms with Crippen molar-refractivity contribution < 1.29 is 9.26 Å². The first kappa shape index (κ1) is 12.5. The minimum Gasteiger partial charge on any atom is -0.381 e. The maximum Gasteiger partial charge on any atom is 0.246 e. The second-order valence-corrected chi connectivity index (χ2v) is 5.34. The molecular weight excluding hydrogens is 268 g/mol. The van der Waals surface area contributed by atoms with Gasteiger partial charge in [0.25, 0.3) is 0 Å². The Morgan fingerprint density at radius 3 is 3.05 bits per heavy atom. The van der Waals surface area contributed by atoms with Gasteiger partial charge in [0.1, 0.15) is 12.4 Å². The number of nitrogens with zero attached hydrogens (tertiary/aromatic N) is 4. The first-order chi connectivity index (χ1) is 10.3. The number of aromatic nitrogens is 4. The second kappa shape index (κ2) is 4.96. The summed E-state index contributed by atoms with van der Waals surface area (Å²) in [6, 6.07) is 8.06. The first-order valence-electron chi connectivity index (χ1n) is 7.13. The van der Waals surface area contributed by atoms with Gasteiger partial charge in [-0.15, -0.1) is 0 Å². The maximum atomic E-state index is 5.39. The fourth-order valence-electron chi connectivity index (χ4n) is 2.77. The van der Waals surface area contributed by atoms with Crippen LogP contribution in [0.25, 0.3) is 11.0 Å². The molecule has 0 aliphatic carbocycles. The zero-order valence-corrected chi connectivity index (χ0v) is 11.8. The van der Waals surface area contributed by atoms with Gasteiger partial charge >= 0.3 is 0 Å². The quantitative estimate of drug-likeness (QED) is 0.738. The maximum absolute atomic E-state index is 5.39. The zero-order valence-electron chi connectivity index (χ0n) is 11.8. The molecule has 21 heavy (non-hydrogen) atoms. The molecule has 1 atom stereocenters. The number of hydrogen-bond donors (Lipinski definition) is 0. The van der Waals surface area contributed by atoms with Crippen molar-refractivity contribution in [1.29, 1.82) is 0 Å². The average Bonchev–Trinajstić information content (AvgIpc) is 3.20. The minimum absolute atomic E-state index is 0.267. The Morgan fingerprint density at radius 1 is 1.29 bits per heavy atom. The molecule has 0 radical (unpaired) electrons. The van der Waals surface area contributed by atoms with Crippen LogP contribution < -0.4 is 0 Å². The van der Waals surface area contributed by atoms with Crippen molar-refractivity contribution >= 4 is 11.0 Å². The van der Waals surface area contributed by atoms with E-state index in [9.17, 15) is 0 Å². The van der Waals surface area contributed by atoms with Crippen molar-refractivity contribution in [1.82, 2.24) is 19.7 Å². The summed E-state index contributed by atoms with van der Waals surface area (Å²) in [7, 11) is 0. The number of benzene rings is 1. The summed E-state index contributed by atoms with van der Waals surface area (Å²) < 4.78 is 12.9. The zero-order chi connectivity index (χ0) is 14.2. The molecule has 1 aliphatic heterocycles. The Bertz CT molecular complexity index is 771. The third kappa shape index (κ3) is 2.21. The van der Waals surface area contributed by atoms with Crippen LogP contribution in [0.5, 0.6) is 0 Å². The molecule has 3 aromatic rings. The van der Waals surface area contributed by atoms with Crippen LogP contribution in [0, 0.1) is 6.92 Å². The van der Waals surface area contributed by atoms with Crippen molar-refractivity contribution in [3.63, 3.8) is 0 Å². The summed E-state index contributed by atoms with van der Waals surface area (Å²) in [6.07, 6.45) is 0.964. The first-order valence-corrected chi connectivity index (χ1v) is 7.13. The van der Waals surface area contributed by atoms with Crippen LogP contribution in [0.2, 0.25) is 0 Å². The Balaban J connectivity index is 1.64. The van der Waals surface area contributed by atoms with Crippen molar-refractivity contribution in [3.05, 3.63) is 41.8 Å². The van der Waals surface area contributed by atoms with E-state index in [1.807, 2.05) is 25.1 Å². The lowest BCUT2D eigenvalue weighted by atomic mass is 10.1. The Morgan fingerprint density at radius 2 is 2.19 bits per heavy atom. The van der Waals surface area contributed by atoms with Crippen LogP contribution in [-0.2, 0) is 11.3 Å². The predicted molar refractivity (Wildman–Crippen MR) is 76.0 cm³/mol. The number of para-hydroxylation sites is 2. The molecule has 1 saturated heterocycles. The smallest absolute Gasteiger partial charge is 0.246 e. The van der Waals surface area contributed by atoms with Crippen LogP contribution in [0.15, 0.2) is 28.8 Å². The van der Waals surface area contributed by atoms with Gasteiger partial charge in [-0.1, -0.05) is 17.3 Å². The van der Waals surface area contributed by atoms with Gasteiger partial charge in [0.15, 0.2) is 5.82 Å². The van der Waals surface area contributed by atoms with Crippen molar-refractivity contribution in [2.45, 2.75) is 25.8 Å². The highest BCUT2D eigenvalue weighted by Crippen LogP contribution is 2.23. The molecule has 2 aromatic heterocycles. The molecule has 6 heteroatoms. The Kier molecular flexibility index (Phi) is 2.96. The molecule has 0 saturated carbocycles. The number of hydrogen-bond acceptors (Lipinski definition) is 5. The average molecular weight is 284 g/mol. The molecule has 0 bridgehead atoms. The third-order valence-corrected chi connectivity index (χ3v) is 3.92. The second-order valence-electron chi connectivity index (χ2n) is 5.34. The Hall–Kier alpha value is -2.21. The van der Waals surface area contributed by atoms with Crippen LogP contribution in [0.4, 0.5) is 0 Å². The van der Waals surface area contributed by atoms with Gasteiger partial charge in [0.2, 0.25) is 5.89 Å². The number of rotatable bonds is 3. The summed E-state index contributed by atoms with van der Waals surface area (Å²) in [5.74, 6) is 2.58. The third-order valence-electron chi connectivity index (χ3n) is 3.92. The lowest BCUT2D eigenvalue weighted by molar-refractivity contribution is 0.192. The Labute approximate surface area is 121 Å². The van der Waals surface area contributed by atoms with Crippen LogP contribution in [0.1, 0.15) is 29.9 Å². The molecule has 1 aliphatic rings. The molecule has 3 heterocycles. The lowest BCUT2D eigenvalue weighted by Gasteiger charge is -2.02. The van der Waals surface area contributed by atoms with Gasteiger partial charge in [0.05, 0.1) is 17.6 Å². The van der Waals surface area contributed by atoms with E-state index in [-0.39, 0.29) is 5.92 Å². The topological polar surface area (TPSA) is 66.0 Å². The van der Waals surface area contributed by atoms with Gasteiger partial charge in [0, 0.05) is 12.5 Å². The highest BCUT2D eigenvalue weighted by atomic mass is 16.5. The molecule has 1 aromatic carbocycles. The standard InChI is InChI=1S/C15H16N4O2/c1-10-16-12-4-2-3-5-13(12)19(10)8-14-17-15(18-21-14)11-6-7-20-9-11/h2-5,11H,6-9H2,1H3. The van der Waals surface area contributed by atoms with Gasteiger partial charge in [-0.25, -0.2) is 4.98 Å². The SMILES string of the molecule is Cc1nc2ccccc2n1Cc1nc(C2CCOC2)no1. The van der Waals surface area contributed by atoms with E-state index in [1.165, 1.54) is 0 Å². The van der Waals surface area contributed by atoms with Crippen molar-refractivity contribution in [2.24, 2.45) is 0 Å². The summed E-state index contributed by atoms with van der Waals surface area (Å²) in [5.41, 5.74) is 2.07. The molecule has 108 valence electrons. The molecule has 1 unspecified atom stereocenters. The van der Waals surface area contributed by atoms with E-state index < -0.39 is 0 Å². The summed E-state index contributed by atoms with van der Waals surface area (Å²) in [5, 5.41) is 4.09. The summed E-state index contributed by atoms with van der Waals surface area (Å²) in [6.45, 7) is 4.00. The molecule has 0 N–H and O–H groups in total. The van der Waals surface area contributed by atoms with Crippen LogP contribution >= 0.6 is 0 Å². The van der Waals surface area contributed by atoms with Crippen LogP contribution in [0.3, 0.4) is 0 Å². The molecular formula is C15H16N4O2. The fraction of sp³-hybridized carbons (Fsp3) is 0.400. The summed E-state index contributed by atoms with van der Waals surface area (Å²) in [4.78, 5) is 9.06. The molecule has 4 rings (SSSR count). The minimum atomic E-state index is 0.267. The van der Waals surface area contributed by atoms with E-state index in [2.05, 4.69) is 25.8 Å². The van der Waals surface area contributed by atoms with E-state index in [0.717, 1.165) is 35.7 Å². The van der Waals surface area contributed by atoms with Crippen molar-refractivity contribution in [2.75, 3.05) is 13.2 Å². The van der Waals surface area contributed by atoms with Crippen molar-refractivity contribution in [3.8, 4) is 0 Å². The van der Waals surface area contributed by atoms with Gasteiger partial charge in [-0.3, -0.25) is 0 Å². The number of ether oxygens (including phenoxy) is 1. The number of imidazole rings is 1. The fourth-order valence-corrected chi connectivity index (χ4v) is 2.77. The largest absolute Gasteiger partial charge is 0.381 e. The van der Waals surface area contributed by atoms with Gasteiger partial charge in [-0.2, -0.15) is 4.98 Å². The number of fused-ring (bicyclic) bond motifs is 1. The van der Waals surface area contributed by atoms with E-state index >= 15 is 0 Å². The molecule has 6 nitrogen and oxygen atoms in total.